The van der Waals surface area contributed by atoms with Gasteiger partial charge in [-0.1, -0.05) is 24.6 Å². The number of halogens is 3. The number of anilines is 2. The minimum Gasteiger partial charge on any atom is -0.460 e. The van der Waals surface area contributed by atoms with Crippen LogP contribution in [0.15, 0.2) is 41.7 Å². The standard InChI is InChI=1S/C25H25F3N6OS/c1-5-14(2)35-20-11-31-21-19(33-20)8-9-30-22(21)32-16-6-7-18(28)17(10-16)25(13-27)15(3)24(4,12-26)36-23(29)34-25/h1,6-11,14-15H,12-13H2,2-4H3,(H2,29,34)(H,30,32)/t14-,15?,24+,25-/m0/s1. The fourth-order valence-electron chi connectivity index (χ4n) is 4.17. The van der Waals surface area contributed by atoms with Crippen molar-refractivity contribution >= 4 is 39.5 Å². The van der Waals surface area contributed by atoms with Crippen LogP contribution in [-0.4, -0.2) is 44.3 Å². The number of fused-ring (bicyclic) bond motifs is 1. The first kappa shape index (κ1) is 25.6. The van der Waals surface area contributed by atoms with Crippen LogP contribution >= 0.6 is 11.8 Å². The molecule has 1 aliphatic rings. The zero-order chi connectivity index (χ0) is 26.1. The summed E-state index contributed by atoms with van der Waals surface area (Å²) in [5.74, 6) is 1.67. The summed E-state index contributed by atoms with van der Waals surface area (Å²) in [4.78, 5) is 17.4. The van der Waals surface area contributed by atoms with Crippen LogP contribution in [0.5, 0.6) is 5.88 Å². The van der Waals surface area contributed by atoms with Gasteiger partial charge in [-0.2, -0.15) is 0 Å². The Hall–Kier alpha value is -3.52. The topological polar surface area (TPSA) is 98.3 Å². The van der Waals surface area contributed by atoms with Crippen LogP contribution < -0.4 is 15.8 Å². The van der Waals surface area contributed by atoms with Crippen molar-refractivity contribution in [2.45, 2.75) is 37.2 Å². The van der Waals surface area contributed by atoms with E-state index in [0.29, 0.717) is 22.5 Å². The smallest absolute Gasteiger partial charge is 0.234 e. The van der Waals surface area contributed by atoms with E-state index in [1.165, 1.54) is 30.6 Å². The maximum absolute atomic E-state index is 15.1. The number of aromatic nitrogens is 3. The van der Waals surface area contributed by atoms with Crippen molar-refractivity contribution in [1.29, 1.82) is 0 Å². The van der Waals surface area contributed by atoms with E-state index in [4.69, 9.17) is 16.9 Å². The number of nitrogens with two attached hydrogens (primary N) is 1. The number of nitrogens with one attached hydrogen (secondary N) is 1. The van der Waals surface area contributed by atoms with E-state index < -0.39 is 41.5 Å². The molecule has 0 saturated heterocycles. The molecule has 3 heterocycles. The molecule has 1 unspecified atom stereocenters. The Labute approximate surface area is 211 Å². The molecule has 0 spiro atoms. The summed E-state index contributed by atoms with van der Waals surface area (Å²) < 4.78 is 48.3. The number of rotatable bonds is 7. The number of ether oxygens (including phenoxy) is 1. The molecular formula is C25H25F3N6OS. The second-order valence-electron chi connectivity index (χ2n) is 8.76. The lowest BCUT2D eigenvalue weighted by Gasteiger charge is -2.46. The Bertz CT molecular complexity index is 1370. The second kappa shape index (κ2) is 9.85. The van der Waals surface area contributed by atoms with E-state index in [9.17, 15) is 8.78 Å². The molecule has 4 rings (SSSR count). The molecule has 4 atom stereocenters. The third-order valence-electron chi connectivity index (χ3n) is 6.41. The summed E-state index contributed by atoms with van der Waals surface area (Å²) in [5, 5.41) is 3.10. The first-order valence-electron chi connectivity index (χ1n) is 11.1. The van der Waals surface area contributed by atoms with Crippen molar-refractivity contribution in [3.63, 3.8) is 0 Å². The first-order chi connectivity index (χ1) is 17.2. The number of hydrogen-bond donors (Lipinski definition) is 2. The molecule has 3 N–H and O–H groups in total. The van der Waals surface area contributed by atoms with Gasteiger partial charge in [0.1, 0.15) is 30.2 Å². The number of amidine groups is 1. The molecule has 1 aliphatic heterocycles. The van der Waals surface area contributed by atoms with Gasteiger partial charge in [0.25, 0.3) is 0 Å². The van der Waals surface area contributed by atoms with Gasteiger partial charge in [-0.05, 0) is 38.1 Å². The normalized spacial score (nSPS) is 24.6. The molecule has 0 aliphatic carbocycles. The van der Waals surface area contributed by atoms with Gasteiger partial charge in [-0.15, -0.1) is 6.42 Å². The van der Waals surface area contributed by atoms with Crippen LogP contribution in [0.4, 0.5) is 24.7 Å². The maximum atomic E-state index is 15.1. The Morgan fingerprint density at radius 1 is 1.28 bits per heavy atom. The van der Waals surface area contributed by atoms with Gasteiger partial charge < -0.3 is 15.8 Å². The largest absolute Gasteiger partial charge is 0.460 e. The number of hydrogen-bond acceptors (Lipinski definition) is 8. The van der Waals surface area contributed by atoms with Crippen molar-refractivity contribution in [3.8, 4) is 18.2 Å². The highest BCUT2D eigenvalue weighted by atomic mass is 32.2. The number of alkyl halides is 2. The van der Waals surface area contributed by atoms with Crippen LogP contribution in [-0.2, 0) is 5.54 Å². The molecule has 7 nitrogen and oxygen atoms in total. The van der Waals surface area contributed by atoms with Crippen molar-refractivity contribution in [2.75, 3.05) is 18.7 Å². The molecule has 0 radical (unpaired) electrons. The molecule has 0 fully saturated rings. The maximum Gasteiger partial charge on any atom is 0.234 e. The number of pyridine rings is 1. The Balaban J connectivity index is 1.74. The first-order valence-corrected chi connectivity index (χ1v) is 12.0. The fourth-order valence-corrected chi connectivity index (χ4v) is 5.28. The van der Waals surface area contributed by atoms with Gasteiger partial charge in [0.2, 0.25) is 5.88 Å². The Morgan fingerprint density at radius 2 is 2.06 bits per heavy atom. The van der Waals surface area contributed by atoms with Crippen LogP contribution in [0.1, 0.15) is 26.3 Å². The molecule has 36 heavy (non-hydrogen) atoms. The molecule has 0 amide bonds. The molecule has 0 bridgehead atoms. The molecular weight excluding hydrogens is 489 g/mol. The summed E-state index contributed by atoms with van der Waals surface area (Å²) in [7, 11) is 0. The second-order valence-corrected chi connectivity index (χ2v) is 10.3. The lowest BCUT2D eigenvalue weighted by molar-refractivity contribution is 0.166. The summed E-state index contributed by atoms with van der Waals surface area (Å²) >= 11 is 1.03. The molecule has 188 valence electrons. The zero-order valence-corrected chi connectivity index (χ0v) is 20.7. The lowest BCUT2D eigenvalue weighted by Crippen LogP contribution is -2.52. The SMILES string of the molecule is C#C[C@H](C)Oc1cnc2c(Nc3ccc(F)c([C@@]4(CF)N=C(N)S[C@](C)(CF)C4C)c3)nccc2n1. The van der Waals surface area contributed by atoms with Crippen LogP contribution in [0, 0.1) is 24.1 Å². The fraction of sp³-hybridized carbons (Fsp3) is 0.360. The van der Waals surface area contributed by atoms with Crippen LogP contribution in [0.2, 0.25) is 0 Å². The van der Waals surface area contributed by atoms with Gasteiger partial charge in [-0.3, -0.25) is 0 Å². The minimum atomic E-state index is -1.69. The lowest BCUT2D eigenvalue weighted by atomic mass is 9.73. The number of thioether (sulfide) groups is 1. The number of terminal acetylenes is 1. The van der Waals surface area contributed by atoms with Crippen molar-refractivity contribution in [1.82, 2.24) is 15.0 Å². The Morgan fingerprint density at radius 3 is 2.75 bits per heavy atom. The molecule has 1 aromatic carbocycles. The van der Waals surface area contributed by atoms with Crippen molar-refractivity contribution in [3.05, 3.63) is 48.0 Å². The number of aliphatic imine (C=N–C) groups is 1. The van der Waals surface area contributed by atoms with E-state index in [2.05, 4.69) is 31.2 Å². The predicted molar refractivity (Wildman–Crippen MR) is 136 cm³/mol. The third-order valence-corrected chi connectivity index (χ3v) is 7.64. The Kier molecular flexibility index (Phi) is 7.00. The molecule has 0 saturated carbocycles. The highest BCUT2D eigenvalue weighted by Crippen LogP contribution is 2.51. The van der Waals surface area contributed by atoms with E-state index >= 15 is 4.39 Å². The summed E-state index contributed by atoms with van der Waals surface area (Å²) in [6.45, 7) is 3.17. The van der Waals surface area contributed by atoms with Crippen molar-refractivity contribution < 1.29 is 17.9 Å². The highest BCUT2D eigenvalue weighted by Gasteiger charge is 2.53. The summed E-state index contributed by atoms with van der Waals surface area (Å²) in [6.07, 6.45) is 7.82. The van der Waals surface area contributed by atoms with E-state index in [0.717, 1.165) is 11.8 Å². The van der Waals surface area contributed by atoms with Gasteiger partial charge in [-0.25, -0.2) is 33.1 Å². The molecule has 3 aromatic rings. The molecule has 11 heteroatoms. The van der Waals surface area contributed by atoms with Crippen LogP contribution in [0.3, 0.4) is 0 Å². The van der Waals surface area contributed by atoms with Gasteiger partial charge in [0.05, 0.1) is 16.5 Å². The minimum absolute atomic E-state index is 0.00633. The van der Waals surface area contributed by atoms with E-state index in [1.807, 2.05) is 0 Å². The highest BCUT2D eigenvalue weighted by molar-refractivity contribution is 8.15. The van der Waals surface area contributed by atoms with Gasteiger partial charge in [0.15, 0.2) is 17.1 Å². The average molecular weight is 515 g/mol. The predicted octanol–water partition coefficient (Wildman–Crippen LogP) is 4.90. The third kappa shape index (κ3) is 4.53. The van der Waals surface area contributed by atoms with Gasteiger partial charge >= 0.3 is 0 Å². The summed E-state index contributed by atoms with van der Waals surface area (Å²) in [5.41, 5.74) is 5.56. The van der Waals surface area contributed by atoms with Crippen molar-refractivity contribution in [2.24, 2.45) is 16.6 Å². The quantitative estimate of drug-likeness (QED) is 0.433. The van der Waals surface area contributed by atoms with E-state index in [1.54, 1.807) is 26.8 Å². The molecule has 2 aromatic heterocycles. The monoisotopic (exact) mass is 514 g/mol. The average Bonchev–Trinajstić information content (AvgIpc) is 2.87. The number of nitrogens with zero attached hydrogens (tertiary/aromatic N) is 4. The van der Waals surface area contributed by atoms with Crippen LogP contribution in [0.25, 0.3) is 11.0 Å². The summed E-state index contributed by atoms with van der Waals surface area (Å²) in [6, 6.07) is 5.78. The van der Waals surface area contributed by atoms with Gasteiger partial charge in [0, 0.05) is 23.4 Å². The van der Waals surface area contributed by atoms with E-state index in [-0.39, 0.29) is 16.6 Å². The number of benzene rings is 1. The zero-order valence-electron chi connectivity index (χ0n) is 19.9.